The molecule has 1 aromatic carbocycles. The molecule has 2 rings (SSSR count). The molecular weight excluding hydrogens is 186 g/mol. The van der Waals surface area contributed by atoms with Crippen molar-refractivity contribution in [3.05, 3.63) is 29.8 Å². The summed E-state index contributed by atoms with van der Waals surface area (Å²) in [5.41, 5.74) is 2.46. The van der Waals surface area contributed by atoms with Gasteiger partial charge in [0.1, 0.15) is 12.0 Å². The molecule has 1 unspecified atom stereocenters. The molecule has 1 aliphatic heterocycles. The number of amidine groups is 1. The summed E-state index contributed by atoms with van der Waals surface area (Å²) in [6.07, 6.45) is 0.206. The van der Waals surface area contributed by atoms with E-state index < -0.39 is 0 Å². The molecule has 0 N–H and O–H groups in total. The minimum Gasteiger partial charge on any atom is -0.362 e. The van der Waals surface area contributed by atoms with Gasteiger partial charge < -0.3 is 9.80 Å². The highest BCUT2D eigenvalue weighted by molar-refractivity contribution is 6.04. The Labute approximate surface area is 91.0 Å². The van der Waals surface area contributed by atoms with Gasteiger partial charge in [-0.15, -0.1) is 0 Å². The molecule has 0 spiro atoms. The fourth-order valence-electron chi connectivity index (χ4n) is 1.86. The number of rotatable bonds is 0. The van der Waals surface area contributed by atoms with E-state index in [0.717, 1.165) is 5.84 Å². The van der Waals surface area contributed by atoms with Gasteiger partial charge in [-0.2, -0.15) is 0 Å². The van der Waals surface area contributed by atoms with E-state index in [2.05, 4.69) is 53.0 Å². The average molecular weight is 203 g/mol. The lowest BCUT2D eigenvalue weighted by molar-refractivity contribution is 0.595. The van der Waals surface area contributed by atoms with Crippen LogP contribution in [0.1, 0.15) is 12.5 Å². The van der Waals surface area contributed by atoms with Gasteiger partial charge in [-0.05, 0) is 19.1 Å². The molecule has 0 radical (unpaired) electrons. The van der Waals surface area contributed by atoms with Gasteiger partial charge in [0.25, 0.3) is 0 Å². The third kappa shape index (κ3) is 1.58. The van der Waals surface area contributed by atoms with Crippen LogP contribution in [-0.2, 0) is 0 Å². The lowest BCUT2D eigenvalue weighted by atomic mass is 10.1. The van der Waals surface area contributed by atoms with Crippen LogP contribution >= 0.6 is 0 Å². The van der Waals surface area contributed by atoms with Crippen molar-refractivity contribution in [3.63, 3.8) is 0 Å². The number of para-hydroxylation sites is 1. The van der Waals surface area contributed by atoms with Crippen LogP contribution in [0.2, 0.25) is 0 Å². The van der Waals surface area contributed by atoms with E-state index in [1.54, 1.807) is 0 Å². The number of hydrogen-bond donors (Lipinski definition) is 0. The van der Waals surface area contributed by atoms with Crippen LogP contribution in [0.15, 0.2) is 29.3 Å². The number of anilines is 1. The molecule has 3 heteroatoms. The lowest BCUT2D eigenvalue weighted by Gasteiger charge is -2.33. The highest BCUT2D eigenvalue weighted by Crippen LogP contribution is 2.27. The summed E-state index contributed by atoms with van der Waals surface area (Å²) in [4.78, 5) is 8.94. The number of fused-ring (bicyclic) bond motifs is 1. The first-order valence-corrected chi connectivity index (χ1v) is 5.18. The average Bonchev–Trinajstić information content (AvgIpc) is 2.23. The van der Waals surface area contributed by atoms with Gasteiger partial charge in [0, 0.05) is 32.4 Å². The van der Waals surface area contributed by atoms with Gasteiger partial charge in [0.05, 0.1) is 0 Å². The Morgan fingerprint density at radius 3 is 2.60 bits per heavy atom. The first-order valence-electron chi connectivity index (χ1n) is 5.18. The molecule has 0 saturated carbocycles. The number of nitrogens with zero attached hydrogens (tertiary/aromatic N) is 3. The molecule has 0 bridgehead atoms. The maximum Gasteiger partial charge on any atom is 0.134 e. The maximum absolute atomic E-state index is 4.67. The molecule has 3 nitrogen and oxygen atoms in total. The van der Waals surface area contributed by atoms with Crippen molar-refractivity contribution in [2.75, 3.05) is 26.0 Å². The minimum absolute atomic E-state index is 0.206. The topological polar surface area (TPSA) is 18.8 Å². The third-order valence-corrected chi connectivity index (χ3v) is 2.82. The molecule has 0 aliphatic carbocycles. The summed E-state index contributed by atoms with van der Waals surface area (Å²) in [6.45, 7) is 2.11. The van der Waals surface area contributed by atoms with E-state index in [9.17, 15) is 0 Å². The molecule has 0 amide bonds. The van der Waals surface area contributed by atoms with Gasteiger partial charge >= 0.3 is 0 Å². The zero-order valence-electron chi connectivity index (χ0n) is 9.73. The van der Waals surface area contributed by atoms with Crippen LogP contribution in [0.5, 0.6) is 0 Å². The predicted molar refractivity (Wildman–Crippen MR) is 64.5 cm³/mol. The largest absolute Gasteiger partial charge is 0.362 e. The summed E-state index contributed by atoms with van der Waals surface area (Å²) in [7, 11) is 6.15. The number of benzene rings is 1. The second-order valence-corrected chi connectivity index (χ2v) is 4.11. The van der Waals surface area contributed by atoms with Crippen LogP contribution < -0.4 is 4.90 Å². The SMILES string of the molecule is CC1N=C(N(C)C)c2ccccc2N1C. The number of aliphatic imine (C=N–C) groups is 1. The molecular formula is C12H17N3. The molecule has 15 heavy (non-hydrogen) atoms. The quantitative estimate of drug-likeness (QED) is 0.640. The van der Waals surface area contributed by atoms with Crippen molar-refractivity contribution < 1.29 is 0 Å². The van der Waals surface area contributed by atoms with Crippen molar-refractivity contribution in [2.24, 2.45) is 4.99 Å². The van der Waals surface area contributed by atoms with Gasteiger partial charge in [0.2, 0.25) is 0 Å². The van der Waals surface area contributed by atoms with Crippen molar-refractivity contribution in [1.82, 2.24) is 4.90 Å². The fourth-order valence-corrected chi connectivity index (χ4v) is 1.86. The second kappa shape index (κ2) is 3.57. The Kier molecular flexibility index (Phi) is 2.39. The minimum atomic E-state index is 0.206. The Morgan fingerprint density at radius 1 is 1.27 bits per heavy atom. The molecule has 1 heterocycles. The third-order valence-electron chi connectivity index (χ3n) is 2.82. The van der Waals surface area contributed by atoms with E-state index in [1.807, 2.05) is 14.1 Å². The fraction of sp³-hybridized carbons (Fsp3) is 0.417. The van der Waals surface area contributed by atoms with Crippen LogP contribution in [-0.4, -0.2) is 38.0 Å². The summed E-state index contributed by atoms with van der Waals surface area (Å²) in [6, 6.07) is 8.39. The molecule has 0 aromatic heterocycles. The van der Waals surface area contributed by atoms with E-state index in [-0.39, 0.29) is 6.17 Å². The summed E-state index contributed by atoms with van der Waals surface area (Å²) < 4.78 is 0. The standard InChI is InChI=1S/C12H17N3/c1-9-13-12(14(2)3)10-7-5-6-8-11(10)15(9)4/h5-9H,1-4H3. The first kappa shape index (κ1) is 10.0. The van der Waals surface area contributed by atoms with E-state index >= 15 is 0 Å². The van der Waals surface area contributed by atoms with Crippen LogP contribution in [0.3, 0.4) is 0 Å². The van der Waals surface area contributed by atoms with Crippen molar-refractivity contribution in [2.45, 2.75) is 13.1 Å². The summed E-state index contributed by atoms with van der Waals surface area (Å²) in [5, 5.41) is 0. The smallest absolute Gasteiger partial charge is 0.134 e. The first-order chi connectivity index (χ1) is 7.11. The molecule has 80 valence electrons. The lowest BCUT2D eigenvalue weighted by Crippen LogP contribution is -2.37. The van der Waals surface area contributed by atoms with E-state index in [0.29, 0.717) is 0 Å². The normalized spacial score (nSPS) is 19.6. The monoisotopic (exact) mass is 203 g/mol. The summed E-state index contributed by atoms with van der Waals surface area (Å²) >= 11 is 0. The highest BCUT2D eigenvalue weighted by Gasteiger charge is 2.22. The molecule has 1 atom stereocenters. The molecule has 1 aliphatic rings. The van der Waals surface area contributed by atoms with Crippen molar-refractivity contribution in [1.29, 1.82) is 0 Å². The highest BCUT2D eigenvalue weighted by atomic mass is 15.3. The predicted octanol–water partition coefficient (Wildman–Crippen LogP) is 1.79. The Balaban J connectivity index is 2.56. The zero-order chi connectivity index (χ0) is 11.0. The van der Waals surface area contributed by atoms with Crippen molar-refractivity contribution in [3.8, 4) is 0 Å². The Hall–Kier alpha value is -1.51. The molecule has 1 aromatic rings. The second-order valence-electron chi connectivity index (χ2n) is 4.11. The van der Waals surface area contributed by atoms with E-state index in [4.69, 9.17) is 0 Å². The van der Waals surface area contributed by atoms with Crippen LogP contribution in [0.4, 0.5) is 5.69 Å². The van der Waals surface area contributed by atoms with Gasteiger partial charge in [0.15, 0.2) is 0 Å². The number of hydrogen-bond acceptors (Lipinski definition) is 3. The Morgan fingerprint density at radius 2 is 1.93 bits per heavy atom. The molecule has 0 fully saturated rings. The summed E-state index contributed by atoms with van der Waals surface area (Å²) in [5.74, 6) is 1.07. The van der Waals surface area contributed by atoms with Crippen LogP contribution in [0.25, 0.3) is 0 Å². The molecule has 0 saturated heterocycles. The van der Waals surface area contributed by atoms with E-state index in [1.165, 1.54) is 11.3 Å². The maximum atomic E-state index is 4.67. The van der Waals surface area contributed by atoms with Gasteiger partial charge in [-0.1, -0.05) is 12.1 Å². The zero-order valence-corrected chi connectivity index (χ0v) is 9.73. The van der Waals surface area contributed by atoms with Crippen LogP contribution in [0, 0.1) is 0 Å². The van der Waals surface area contributed by atoms with Crippen molar-refractivity contribution >= 4 is 11.5 Å². The van der Waals surface area contributed by atoms with Gasteiger partial charge in [-0.25, -0.2) is 4.99 Å². The Bertz CT molecular complexity index is 396. The van der Waals surface area contributed by atoms with Gasteiger partial charge in [-0.3, -0.25) is 0 Å².